The highest BCUT2D eigenvalue weighted by Crippen LogP contribution is 2.20. The van der Waals surface area contributed by atoms with E-state index < -0.39 is 11.9 Å². The summed E-state index contributed by atoms with van der Waals surface area (Å²) in [5.41, 5.74) is 1.46. The lowest BCUT2D eigenvalue weighted by Crippen LogP contribution is -2.42. The Morgan fingerprint density at radius 3 is 2.82 bits per heavy atom. The molecule has 1 aromatic rings. The Bertz CT molecular complexity index is 551. The van der Waals surface area contributed by atoms with Gasteiger partial charge >= 0.3 is 5.97 Å². The molecular weight excluding hydrogens is 282 g/mol. The van der Waals surface area contributed by atoms with Crippen LogP contribution >= 0.6 is 0 Å². The number of carboxylic acid groups (broad SMARTS) is 1. The molecule has 22 heavy (non-hydrogen) atoms. The van der Waals surface area contributed by atoms with Gasteiger partial charge in [-0.2, -0.15) is 5.10 Å². The highest BCUT2D eigenvalue weighted by Gasteiger charge is 2.30. The van der Waals surface area contributed by atoms with E-state index in [0.29, 0.717) is 31.0 Å². The number of carbonyl (C=O) groups is 2. The van der Waals surface area contributed by atoms with E-state index in [-0.39, 0.29) is 5.91 Å². The minimum atomic E-state index is -0.818. The first kappa shape index (κ1) is 16.5. The number of nitrogens with zero attached hydrogens (tertiary/aromatic N) is 3. The summed E-state index contributed by atoms with van der Waals surface area (Å²) in [6.45, 7) is 7.94. The maximum atomic E-state index is 12.6. The molecule has 1 atom stereocenters. The van der Waals surface area contributed by atoms with Crippen LogP contribution in [-0.2, 0) is 11.3 Å². The summed E-state index contributed by atoms with van der Waals surface area (Å²) in [7, 11) is 0. The highest BCUT2D eigenvalue weighted by atomic mass is 16.4. The third-order valence-corrected chi connectivity index (χ3v) is 4.31. The monoisotopic (exact) mass is 307 g/mol. The summed E-state index contributed by atoms with van der Waals surface area (Å²) < 4.78 is 1.87. The molecule has 1 unspecified atom stereocenters. The fourth-order valence-electron chi connectivity index (χ4n) is 2.80. The Kier molecular flexibility index (Phi) is 5.21. The van der Waals surface area contributed by atoms with Crippen LogP contribution in [-0.4, -0.2) is 44.8 Å². The zero-order chi connectivity index (χ0) is 16.3. The smallest absolute Gasteiger partial charge is 0.308 e. The van der Waals surface area contributed by atoms with E-state index in [1.807, 2.05) is 11.6 Å². The molecule has 2 heterocycles. The summed E-state index contributed by atoms with van der Waals surface area (Å²) in [5, 5.41) is 13.4. The van der Waals surface area contributed by atoms with Gasteiger partial charge in [-0.25, -0.2) is 0 Å². The molecule has 0 aromatic carbocycles. The number of likely N-dealkylation sites (tertiary alicyclic amines) is 1. The number of carboxylic acids is 1. The Morgan fingerprint density at radius 2 is 2.18 bits per heavy atom. The molecule has 1 fully saturated rings. The molecule has 122 valence electrons. The number of piperidine rings is 1. The van der Waals surface area contributed by atoms with Gasteiger partial charge in [-0.1, -0.05) is 13.8 Å². The van der Waals surface area contributed by atoms with Crippen molar-refractivity contribution in [2.24, 2.45) is 11.8 Å². The van der Waals surface area contributed by atoms with Gasteiger partial charge in [0.2, 0.25) is 0 Å². The lowest BCUT2D eigenvalue weighted by molar-refractivity contribution is -0.143. The van der Waals surface area contributed by atoms with Crippen LogP contribution in [0.5, 0.6) is 0 Å². The largest absolute Gasteiger partial charge is 0.481 e. The molecule has 1 aromatic heterocycles. The van der Waals surface area contributed by atoms with Crippen molar-refractivity contribution in [1.82, 2.24) is 14.7 Å². The molecule has 1 aliphatic rings. The molecule has 6 nitrogen and oxygen atoms in total. The average Bonchev–Trinajstić information content (AvgIpc) is 2.85. The van der Waals surface area contributed by atoms with Gasteiger partial charge in [0.05, 0.1) is 17.7 Å². The number of aromatic nitrogens is 2. The van der Waals surface area contributed by atoms with Crippen LogP contribution in [0.25, 0.3) is 0 Å². The zero-order valence-corrected chi connectivity index (χ0v) is 13.6. The summed E-state index contributed by atoms with van der Waals surface area (Å²) >= 11 is 0. The summed E-state index contributed by atoms with van der Waals surface area (Å²) in [6, 6.07) is 0. The van der Waals surface area contributed by atoms with Crippen LogP contribution in [0.1, 0.15) is 49.2 Å². The van der Waals surface area contributed by atoms with Crippen molar-refractivity contribution in [2.75, 3.05) is 13.1 Å². The second-order valence-electron chi connectivity index (χ2n) is 6.48. The van der Waals surface area contributed by atoms with Gasteiger partial charge in [-0.15, -0.1) is 0 Å². The van der Waals surface area contributed by atoms with Crippen LogP contribution < -0.4 is 0 Å². The van der Waals surface area contributed by atoms with Crippen molar-refractivity contribution < 1.29 is 14.7 Å². The topological polar surface area (TPSA) is 75.4 Å². The Morgan fingerprint density at radius 1 is 1.45 bits per heavy atom. The highest BCUT2D eigenvalue weighted by molar-refractivity contribution is 5.95. The van der Waals surface area contributed by atoms with Crippen molar-refractivity contribution in [3.8, 4) is 0 Å². The van der Waals surface area contributed by atoms with E-state index in [0.717, 1.165) is 25.1 Å². The first-order valence-electron chi connectivity index (χ1n) is 7.94. The SMILES string of the molecule is Cc1c(C(=O)N2CCCC(C(=O)O)C2)cnn1CCC(C)C. The van der Waals surface area contributed by atoms with E-state index in [4.69, 9.17) is 5.11 Å². The predicted molar refractivity (Wildman–Crippen MR) is 82.7 cm³/mol. The maximum absolute atomic E-state index is 12.6. The second-order valence-corrected chi connectivity index (χ2v) is 6.48. The number of aliphatic carboxylic acids is 1. The molecule has 1 saturated heterocycles. The van der Waals surface area contributed by atoms with E-state index >= 15 is 0 Å². The van der Waals surface area contributed by atoms with Gasteiger partial charge in [-0.05, 0) is 32.1 Å². The van der Waals surface area contributed by atoms with Crippen LogP contribution in [0.4, 0.5) is 0 Å². The van der Waals surface area contributed by atoms with Crippen molar-refractivity contribution >= 4 is 11.9 Å². The number of rotatable bonds is 5. The minimum Gasteiger partial charge on any atom is -0.481 e. The Balaban J connectivity index is 2.07. The van der Waals surface area contributed by atoms with E-state index in [1.165, 1.54) is 0 Å². The Labute approximate surface area is 131 Å². The quantitative estimate of drug-likeness (QED) is 0.904. The van der Waals surface area contributed by atoms with Crippen LogP contribution in [0.3, 0.4) is 0 Å². The van der Waals surface area contributed by atoms with Crippen LogP contribution in [0, 0.1) is 18.8 Å². The molecule has 0 bridgehead atoms. The maximum Gasteiger partial charge on any atom is 0.308 e. The normalized spacial score (nSPS) is 18.7. The number of carbonyl (C=O) groups excluding carboxylic acids is 1. The van der Waals surface area contributed by atoms with Gasteiger partial charge in [0.25, 0.3) is 5.91 Å². The van der Waals surface area contributed by atoms with Gasteiger partial charge in [0, 0.05) is 25.3 Å². The third kappa shape index (κ3) is 3.67. The van der Waals surface area contributed by atoms with E-state index in [1.54, 1.807) is 11.1 Å². The fraction of sp³-hybridized carbons (Fsp3) is 0.688. The average molecular weight is 307 g/mol. The molecule has 1 amide bonds. The molecule has 0 saturated carbocycles. The molecule has 0 aliphatic carbocycles. The summed E-state index contributed by atoms with van der Waals surface area (Å²) in [5.74, 6) is -0.781. The van der Waals surface area contributed by atoms with Crippen molar-refractivity contribution in [3.05, 3.63) is 17.5 Å². The van der Waals surface area contributed by atoms with E-state index in [2.05, 4.69) is 18.9 Å². The molecule has 0 spiro atoms. The molecule has 2 rings (SSSR count). The molecule has 6 heteroatoms. The first-order valence-corrected chi connectivity index (χ1v) is 7.94. The predicted octanol–water partition coefficient (Wildman–Crippen LogP) is 2.17. The van der Waals surface area contributed by atoms with Crippen molar-refractivity contribution in [2.45, 2.75) is 46.6 Å². The number of aryl methyl sites for hydroxylation is 1. The number of amides is 1. The van der Waals surface area contributed by atoms with Crippen LogP contribution in [0.15, 0.2) is 6.20 Å². The van der Waals surface area contributed by atoms with Gasteiger partial charge in [0.1, 0.15) is 0 Å². The zero-order valence-electron chi connectivity index (χ0n) is 13.6. The summed E-state index contributed by atoms with van der Waals surface area (Å²) in [4.78, 5) is 25.4. The molecule has 0 radical (unpaired) electrons. The standard InChI is InChI=1S/C16H25N3O3/c1-11(2)6-8-19-12(3)14(9-17-19)15(20)18-7-4-5-13(10-18)16(21)22/h9,11,13H,4-8,10H2,1-3H3,(H,21,22). The lowest BCUT2D eigenvalue weighted by Gasteiger charge is -2.30. The number of hydrogen-bond acceptors (Lipinski definition) is 3. The first-order chi connectivity index (χ1) is 10.4. The number of hydrogen-bond donors (Lipinski definition) is 1. The van der Waals surface area contributed by atoms with E-state index in [9.17, 15) is 9.59 Å². The van der Waals surface area contributed by atoms with Crippen LogP contribution in [0.2, 0.25) is 0 Å². The van der Waals surface area contributed by atoms with Crippen molar-refractivity contribution in [3.63, 3.8) is 0 Å². The van der Waals surface area contributed by atoms with Gasteiger partial charge in [-0.3, -0.25) is 14.3 Å². The Hall–Kier alpha value is -1.85. The third-order valence-electron chi connectivity index (χ3n) is 4.31. The lowest BCUT2D eigenvalue weighted by atomic mass is 9.98. The molecular formula is C16H25N3O3. The molecule has 1 aliphatic heterocycles. The van der Waals surface area contributed by atoms with Crippen molar-refractivity contribution in [1.29, 1.82) is 0 Å². The second kappa shape index (κ2) is 6.94. The molecule has 1 N–H and O–H groups in total. The van der Waals surface area contributed by atoms with Gasteiger partial charge in [0.15, 0.2) is 0 Å². The minimum absolute atomic E-state index is 0.0979. The van der Waals surface area contributed by atoms with Gasteiger partial charge < -0.3 is 10.0 Å². The summed E-state index contributed by atoms with van der Waals surface area (Å²) in [6.07, 6.45) is 4.01. The fourth-order valence-corrected chi connectivity index (χ4v) is 2.80.